The zero-order chi connectivity index (χ0) is 16.8. The number of non-ortho nitro benzene ring substituents is 1. The molecule has 1 fully saturated rings. The Bertz CT molecular complexity index is 611. The average Bonchev–Trinajstić information content (AvgIpc) is 2.54. The van der Waals surface area contributed by atoms with E-state index in [1.165, 1.54) is 24.3 Å². The van der Waals surface area contributed by atoms with Crippen LogP contribution in [0.5, 0.6) is 0 Å². The van der Waals surface area contributed by atoms with Crippen molar-refractivity contribution in [3.63, 3.8) is 0 Å². The Morgan fingerprint density at radius 2 is 2.04 bits per heavy atom. The molecule has 2 rings (SSSR count). The smallest absolute Gasteiger partial charge is 0.270 e. The van der Waals surface area contributed by atoms with Gasteiger partial charge in [-0.15, -0.1) is 0 Å². The number of allylic oxidation sites excluding steroid dienone is 1. The summed E-state index contributed by atoms with van der Waals surface area (Å²) in [6, 6.07) is 3.88. The number of nitrogens with zero attached hydrogens (tertiary/aromatic N) is 3. The predicted molar refractivity (Wildman–Crippen MR) is 89.9 cm³/mol. The third-order valence-corrected chi connectivity index (χ3v) is 4.14. The molecule has 0 N–H and O–H groups in total. The summed E-state index contributed by atoms with van der Waals surface area (Å²) in [6.45, 7) is 6.94. The molecule has 23 heavy (non-hydrogen) atoms. The third-order valence-electron chi connectivity index (χ3n) is 3.81. The van der Waals surface area contributed by atoms with Crippen molar-refractivity contribution in [2.45, 2.75) is 13.3 Å². The fraction of sp³-hybridized carbons (Fsp3) is 0.438. The normalized spacial score (nSPS) is 16.0. The fourth-order valence-electron chi connectivity index (χ4n) is 2.53. The molecular weight excluding hydrogens is 318 g/mol. The number of halogens is 1. The van der Waals surface area contributed by atoms with Gasteiger partial charge in [0.05, 0.1) is 9.95 Å². The van der Waals surface area contributed by atoms with Crippen LogP contribution in [0.2, 0.25) is 5.02 Å². The Balaban J connectivity index is 1.99. The summed E-state index contributed by atoms with van der Waals surface area (Å²) in [5.41, 5.74) is 0.0149. The van der Waals surface area contributed by atoms with E-state index >= 15 is 0 Å². The highest BCUT2D eigenvalue weighted by atomic mass is 35.5. The maximum atomic E-state index is 12.2. The lowest BCUT2D eigenvalue weighted by Gasteiger charge is -2.33. The molecule has 0 aromatic heterocycles. The van der Waals surface area contributed by atoms with Crippen molar-refractivity contribution in [1.29, 1.82) is 0 Å². The molecule has 1 aliphatic heterocycles. The minimum Gasteiger partial charge on any atom is -0.375 e. The van der Waals surface area contributed by atoms with Gasteiger partial charge in [0.1, 0.15) is 0 Å². The molecule has 1 aromatic rings. The highest BCUT2D eigenvalue weighted by Gasteiger charge is 2.16. The monoisotopic (exact) mass is 337 g/mol. The molecule has 6 nitrogen and oxygen atoms in total. The third kappa shape index (κ3) is 4.77. The van der Waals surface area contributed by atoms with E-state index in [9.17, 15) is 14.9 Å². The van der Waals surface area contributed by atoms with Gasteiger partial charge >= 0.3 is 0 Å². The number of carbonyl (C=O) groups excluding carboxylic acids is 1. The number of piperazine rings is 1. The SMILES string of the molecule is CCCN1CCN(C=CC(=O)c2cc([N+](=O)[O-])ccc2Cl)CC1. The standard InChI is InChI=1S/C16H20ClN3O3/c1-2-6-18-8-10-19(11-9-18)7-5-16(21)14-12-13(20(22)23)3-4-15(14)17/h3-5,7,12H,2,6,8-11H2,1H3. The lowest BCUT2D eigenvalue weighted by atomic mass is 10.1. The Labute approximate surface area is 140 Å². The highest BCUT2D eigenvalue weighted by Crippen LogP contribution is 2.22. The van der Waals surface area contributed by atoms with Crippen LogP contribution >= 0.6 is 11.6 Å². The molecule has 1 aromatic carbocycles. The number of rotatable bonds is 6. The molecule has 0 atom stereocenters. The van der Waals surface area contributed by atoms with Crippen LogP contribution in [0.1, 0.15) is 23.7 Å². The van der Waals surface area contributed by atoms with Crippen molar-refractivity contribution in [1.82, 2.24) is 9.80 Å². The van der Waals surface area contributed by atoms with Crippen molar-refractivity contribution >= 4 is 23.1 Å². The zero-order valence-electron chi connectivity index (χ0n) is 13.1. The first-order valence-corrected chi connectivity index (χ1v) is 8.02. The topological polar surface area (TPSA) is 66.7 Å². The quantitative estimate of drug-likeness (QED) is 0.345. The van der Waals surface area contributed by atoms with Gasteiger partial charge < -0.3 is 4.90 Å². The van der Waals surface area contributed by atoms with Crippen molar-refractivity contribution in [2.24, 2.45) is 0 Å². The summed E-state index contributed by atoms with van der Waals surface area (Å²) >= 11 is 5.97. The van der Waals surface area contributed by atoms with Crippen LogP contribution in [-0.2, 0) is 0 Å². The first-order valence-electron chi connectivity index (χ1n) is 7.64. The van der Waals surface area contributed by atoms with Gasteiger partial charge in [0.25, 0.3) is 5.69 Å². The lowest BCUT2D eigenvalue weighted by Crippen LogP contribution is -2.44. The van der Waals surface area contributed by atoms with E-state index in [4.69, 9.17) is 11.6 Å². The van der Waals surface area contributed by atoms with E-state index in [1.54, 1.807) is 6.20 Å². The van der Waals surface area contributed by atoms with Gasteiger partial charge in [-0.3, -0.25) is 19.8 Å². The van der Waals surface area contributed by atoms with Gasteiger partial charge in [-0.25, -0.2) is 0 Å². The summed E-state index contributed by atoms with van der Waals surface area (Å²) in [7, 11) is 0. The van der Waals surface area contributed by atoms with E-state index < -0.39 is 4.92 Å². The first kappa shape index (κ1) is 17.4. The largest absolute Gasteiger partial charge is 0.375 e. The minimum absolute atomic E-state index is 0.140. The maximum Gasteiger partial charge on any atom is 0.270 e. The Morgan fingerprint density at radius 1 is 1.35 bits per heavy atom. The molecule has 0 radical (unpaired) electrons. The molecular formula is C16H20ClN3O3. The Hall–Kier alpha value is -1.92. The number of nitro groups is 1. The number of carbonyl (C=O) groups is 1. The summed E-state index contributed by atoms with van der Waals surface area (Å²) < 4.78 is 0. The van der Waals surface area contributed by atoms with E-state index in [2.05, 4.69) is 16.7 Å². The first-order chi connectivity index (χ1) is 11.0. The van der Waals surface area contributed by atoms with Gasteiger partial charge in [-0.2, -0.15) is 0 Å². The molecule has 124 valence electrons. The molecule has 7 heteroatoms. The lowest BCUT2D eigenvalue weighted by molar-refractivity contribution is -0.384. The Kier molecular flexibility index (Phi) is 6.12. The number of hydrogen-bond donors (Lipinski definition) is 0. The van der Waals surface area contributed by atoms with Gasteiger partial charge in [-0.1, -0.05) is 18.5 Å². The van der Waals surface area contributed by atoms with Crippen molar-refractivity contribution in [2.75, 3.05) is 32.7 Å². The minimum atomic E-state index is -0.538. The van der Waals surface area contributed by atoms with Crippen LogP contribution in [0.25, 0.3) is 0 Å². The van der Waals surface area contributed by atoms with E-state index in [1.807, 2.05) is 0 Å². The van der Waals surface area contributed by atoms with Crippen LogP contribution in [0.3, 0.4) is 0 Å². The van der Waals surface area contributed by atoms with Crippen molar-refractivity contribution in [3.8, 4) is 0 Å². The summed E-state index contributed by atoms with van der Waals surface area (Å²) in [5, 5.41) is 11.0. The maximum absolute atomic E-state index is 12.2. The number of nitro benzene ring substituents is 1. The molecule has 0 amide bonds. The second kappa shape index (κ2) is 8.08. The number of hydrogen-bond acceptors (Lipinski definition) is 5. The number of ketones is 1. The van der Waals surface area contributed by atoms with Crippen LogP contribution < -0.4 is 0 Å². The van der Waals surface area contributed by atoms with Gasteiger partial charge in [0.2, 0.25) is 0 Å². The van der Waals surface area contributed by atoms with E-state index in [-0.39, 0.29) is 22.1 Å². The molecule has 1 saturated heterocycles. The number of benzene rings is 1. The fourth-order valence-corrected chi connectivity index (χ4v) is 2.74. The molecule has 0 saturated carbocycles. The van der Waals surface area contributed by atoms with Crippen molar-refractivity contribution < 1.29 is 9.72 Å². The van der Waals surface area contributed by atoms with Crippen molar-refractivity contribution in [3.05, 3.63) is 51.2 Å². The molecule has 1 heterocycles. The molecule has 1 aliphatic rings. The molecule has 0 unspecified atom stereocenters. The van der Waals surface area contributed by atoms with Crippen LogP contribution in [0, 0.1) is 10.1 Å². The Morgan fingerprint density at radius 3 is 2.65 bits per heavy atom. The van der Waals surface area contributed by atoms with Gasteiger partial charge in [0.15, 0.2) is 5.78 Å². The van der Waals surface area contributed by atoms with Crippen LogP contribution in [0.15, 0.2) is 30.5 Å². The highest BCUT2D eigenvalue weighted by molar-refractivity contribution is 6.34. The summed E-state index contributed by atoms with van der Waals surface area (Å²) in [6.07, 6.45) is 4.32. The molecule has 0 spiro atoms. The van der Waals surface area contributed by atoms with Crippen LogP contribution in [0.4, 0.5) is 5.69 Å². The van der Waals surface area contributed by atoms with Gasteiger partial charge in [-0.05, 0) is 19.0 Å². The molecule has 0 bridgehead atoms. The predicted octanol–water partition coefficient (Wildman–Crippen LogP) is 2.97. The molecule has 0 aliphatic carbocycles. The zero-order valence-corrected chi connectivity index (χ0v) is 13.8. The van der Waals surface area contributed by atoms with E-state index in [0.717, 1.165) is 39.1 Å². The van der Waals surface area contributed by atoms with Crippen LogP contribution in [-0.4, -0.2) is 53.2 Å². The summed E-state index contributed by atoms with van der Waals surface area (Å²) in [4.78, 5) is 26.9. The van der Waals surface area contributed by atoms with Gasteiger partial charge in [0, 0.05) is 56.2 Å². The average molecular weight is 338 g/mol. The van der Waals surface area contributed by atoms with E-state index in [0.29, 0.717) is 0 Å². The second-order valence-electron chi connectivity index (χ2n) is 5.48. The second-order valence-corrected chi connectivity index (χ2v) is 5.89. The summed E-state index contributed by atoms with van der Waals surface area (Å²) in [5.74, 6) is -0.324.